The van der Waals surface area contributed by atoms with Gasteiger partial charge in [-0.1, -0.05) is 17.7 Å². The molecule has 0 radical (unpaired) electrons. The van der Waals surface area contributed by atoms with Gasteiger partial charge in [-0.05, 0) is 19.1 Å². The Morgan fingerprint density at radius 3 is 1.67 bits per heavy atom. The second-order valence-electron chi connectivity index (χ2n) is 2.10. The third kappa shape index (κ3) is 8.60. The Kier molecular flexibility index (Phi) is 7.25. The number of aromatic hydroxyl groups is 1. The Bertz CT molecular complexity index is 189. The molecule has 0 aliphatic heterocycles. The van der Waals surface area contributed by atoms with E-state index in [-0.39, 0.29) is 0 Å². The molecule has 0 bridgehead atoms. The summed E-state index contributed by atoms with van der Waals surface area (Å²) in [5.74, 6) is 0.329. The summed E-state index contributed by atoms with van der Waals surface area (Å²) in [6.45, 7) is 1.99. The number of phenols is 1. The van der Waals surface area contributed by atoms with Gasteiger partial charge in [0, 0.05) is 0 Å². The lowest BCUT2D eigenvalue weighted by Gasteiger charge is -1.89. The molecule has 0 heterocycles. The van der Waals surface area contributed by atoms with Gasteiger partial charge in [0.15, 0.2) is 0 Å². The van der Waals surface area contributed by atoms with Crippen molar-refractivity contribution in [2.75, 3.05) is 0 Å². The van der Waals surface area contributed by atoms with Crippen LogP contribution in [0.5, 0.6) is 5.75 Å². The molecular formula is C7H11OPS3. The Balaban J connectivity index is 0.000000261. The summed E-state index contributed by atoms with van der Waals surface area (Å²) in [5.41, 5.74) is 0.632. The van der Waals surface area contributed by atoms with Gasteiger partial charge in [0.1, 0.15) is 5.75 Å². The van der Waals surface area contributed by atoms with Crippen molar-refractivity contribution >= 4 is 42.3 Å². The lowest BCUT2D eigenvalue weighted by Crippen LogP contribution is -1.66. The minimum Gasteiger partial charge on any atom is -0.508 e. The lowest BCUT2D eigenvalue weighted by atomic mass is 10.2. The molecule has 0 atom stereocenters. The van der Waals surface area contributed by atoms with Crippen molar-refractivity contribution in [1.82, 2.24) is 0 Å². The van der Waals surface area contributed by atoms with E-state index in [1.807, 2.05) is 19.1 Å². The Morgan fingerprint density at radius 1 is 1.08 bits per heavy atom. The van der Waals surface area contributed by atoms with Crippen molar-refractivity contribution in [3.05, 3.63) is 29.8 Å². The van der Waals surface area contributed by atoms with Crippen LogP contribution in [0.4, 0.5) is 0 Å². The third-order valence-electron chi connectivity index (χ3n) is 1.03. The molecule has 1 aromatic carbocycles. The maximum Gasteiger partial charge on any atom is 0.115 e. The Hall–Kier alpha value is 0.500. The predicted octanol–water partition coefficient (Wildman–Crippen LogP) is 3.70. The SMILES string of the molecule is Cc1ccc(O)cc1.SP(S)S. The van der Waals surface area contributed by atoms with E-state index in [1.165, 1.54) is 5.56 Å². The number of rotatable bonds is 0. The second-order valence-corrected chi connectivity index (χ2v) is 9.08. The molecule has 0 aliphatic rings. The van der Waals surface area contributed by atoms with Gasteiger partial charge in [-0.2, -0.15) is 0 Å². The number of benzene rings is 1. The van der Waals surface area contributed by atoms with Crippen molar-refractivity contribution in [1.29, 1.82) is 0 Å². The highest BCUT2D eigenvalue weighted by Crippen LogP contribution is 2.49. The molecule has 0 saturated carbocycles. The summed E-state index contributed by atoms with van der Waals surface area (Å²) in [6, 6.07) is 7.09. The monoisotopic (exact) mass is 238 g/mol. The first-order chi connectivity index (χ1) is 5.52. The maximum atomic E-state index is 8.76. The molecule has 1 N–H and O–H groups in total. The van der Waals surface area contributed by atoms with Gasteiger partial charge >= 0.3 is 0 Å². The first-order valence-electron chi connectivity index (χ1n) is 3.14. The highest BCUT2D eigenvalue weighted by atomic mass is 33.3. The summed E-state index contributed by atoms with van der Waals surface area (Å²) in [5, 5.41) is 8.76. The Morgan fingerprint density at radius 2 is 1.42 bits per heavy atom. The van der Waals surface area contributed by atoms with Crippen LogP contribution in [0.2, 0.25) is 0 Å². The molecule has 0 spiro atoms. The zero-order valence-corrected chi connectivity index (χ0v) is 10.1. The minimum absolute atomic E-state index is 0.329. The van der Waals surface area contributed by atoms with Gasteiger partial charge in [-0.15, -0.1) is 36.7 Å². The standard InChI is InChI=1S/C7H8O.H3PS3/c1-6-2-4-7(8)5-3-6;2-1(3)4/h2-5,8H,1H3;2-4H. The molecule has 12 heavy (non-hydrogen) atoms. The molecule has 0 aromatic heterocycles. The molecule has 0 saturated heterocycles. The highest BCUT2D eigenvalue weighted by Gasteiger charge is 1.82. The minimum atomic E-state index is -0.537. The van der Waals surface area contributed by atoms with Gasteiger partial charge in [0.2, 0.25) is 0 Å². The third-order valence-corrected chi connectivity index (χ3v) is 1.03. The van der Waals surface area contributed by atoms with E-state index in [1.54, 1.807) is 12.1 Å². The van der Waals surface area contributed by atoms with Crippen LogP contribution in [0.1, 0.15) is 5.56 Å². The van der Waals surface area contributed by atoms with E-state index in [0.717, 1.165) is 0 Å². The van der Waals surface area contributed by atoms with Crippen molar-refractivity contribution in [2.45, 2.75) is 6.92 Å². The number of thiol groups is 3. The van der Waals surface area contributed by atoms with Gasteiger partial charge in [0.05, 0.1) is 5.53 Å². The fourth-order valence-electron chi connectivity index (χ4n) is 0.545. The zero-order chi connectivity index (χ0) is 9.56. The molecule has 68 valence electrons. The molecule has 0 unspecified atom stereocenters. The van der Waals surface area contributed by atoms with Gasteiger partial charge in [-0.25, -0.2) is 0 Å². The molecule has 1 rings (SSSR count). The van der Waals surface area contributed by atoms with Crippen molar-refractivity contribution < 1.29 is 5.11 Å². The first-order valence-corrected chi connectivity index (χ1v) is 7.94. The smallest absolute Gasteiger partial charge is 0.115 e. The maximum absolute atomic E-state index is 8.76. The Labute approximate surface area is 89.8 Å². The molecule has 1 aromatic rings. The van der Waals surface area contributed by atoms with Gasteiger partial charge in [0.25, 0.3) is 0 Å². The average molecular weight is 238 g/mol. The van der Waals surface area contributed by atoms with Crippen LogP contribution in [-0.4, -0.2) is 5.11 Å². The second kappa shape index (κ2) is 6.96. The van der Waals surface area contributed by atoms with E-state index >= 15 is 0 Å². The zero-order valence-electron chi connectivity index (χ0n) is 6.55. The fraction of sp³-hybridized carbons (Fsp3) is 0.143. The van der Waals surface area contributed by atoms with E-state index in [2.05, 4.69) is 36.7 Å². The molecule has 5 heteroatoms. The lowest BCUT2D eigenvalue weighted by molar-refractivity contribution is 0.475. The van der Waals surface area contributed by atoms with Crippen molar-refractivity contribution in [3.8, 4) is 5.75 Å². The van der Waals surface area contributed by atoms with Crippen LogP contribution in [0.25, 0.3) is 0 Å². The first kappa shape index (κ1) is 12.5. The van der Waals surface area contributed by atoms with Gasteiger partial charge < -0.3 is 5.11 Å². The van der Waals surface area contributed by atoms with Crippen LogP contribution in [0.3, 0.4) is 0 Å². The van der Waals surface area contributed by atoms with Crippen molar-refractivity contribution in [2.24, 2.45) is 0 Å². The van der Waals surface area contributed by atoms with Gasteiger partial charge in [-0.3, -0.25) is 0 Å². The van der Waals surface area contributed by atoms with Crippen molar-refractivity contribution in [3.63, 3.8) is 0 Å². The number of hydrogen-bond acceptors (Lipinski definition) is 4. The van der Waals surface area contributed by atoms with E-state index in [4.69, 9.17) is 5.11 Å². The number of phenolic OH excluding ortho intramolecular Hbond substituents is 1. The summed E-state index contributed by atoms with van der Waals surface area (Å²) >= 11 is 11.3. The van der Waals surface area contributed by atoms with E-state index in [9.17, 15) is 0 Å². The molecule has 0 amide bonds. The number of hydrogen-bond donors (Lipinski definition) is 4. The average Bonchev–Trinajstić information content (AvgIpc) is 1.94. The fourth-order valence-corrected chi connectivity index (χ4v) is 0.545. The topological polar surface area (TPSA) is 20.2 Å². The normalized spacial score (nSPS) is 9.08. The summed E-state index contributed by atoms with van der Waals surface area (Å²) < 4.78 is 0. The van der Waals surface area contributed by atoms with Crippen LogP contribution in [0, 0.1) is 6.92 Å². The molecule has 0 fully saturated rings. The van der Waals surface area contributed by atoms with E-state index < -0.39 is 5.53 Å². The summed E-state index contributed by atoms with van der Waals surface area (Å²) in [4.78, 5) is 0. The summed E-state index contributed by atoms with van der Waals surface area (Å²) in [6.07, 6.45) is 0. The predicted molar refractivity (Wildman–Crippen MR) is 66.7 cm³/mol. The summed E-state index contributed by atoms with van der Waals surface area (Å²) in [7, 11) is 0. The van der Waals surface area contributed by atoms with Crippen LogP contribution >= 0.6 is 42.3 Å². The quantitative estimate of drug-likeness (QED) is 0.401. The van der Waals surface area contributed by atoms with Crippen LogP contribution in [-0.2, 0) is 0 Å². The molecular weight excluding hydrogens is 227 g/mol. The largest absolute Gasteiger partial charge is 0.508 e. The highest BCUT2D eigenvalue weighted by molar-refractivity contribution is 9.02. The number of aryl methyl sites for hydroxylation is 1. The van der Waals surface area contributed by atoms with Crippen LogP contribution in [0.15, 0.2) is 24.3 Å². The molecule has 0 aliphatic carbocycles. The molecule has 1 nitrogen and oxygen atoms in total. The van der Waals surface area contributed by atoms with Crippen LogP contribution < -0.4 is 0 Å². The van der Waals surface area contributed by atoms with E-state index in [0.29, 0.717) is 5.75 Å².